The number of nitrogens with two attached hydrogens (primary N) is 1. The van der Waals surface area contributed by atoms with E-state index in [0.29, 0.717) is 16.4 Å². The van der Waals surface area contributed by atoms with Gasteiger partial charge in [-0.1, -0.05) is 44.4 Å². The second kappa shape index (κ2) is 6.70. The van der Waals surface area contributed by atoms with Crippen LogP contribution in [0.2, 0.25) is 0 Å². The molecule has 1 aromatic carbocycles. The predicted molar refractivity (Wildman–Crippen MR) is 80.7 cm³/mol. The van der Waals surface area contributed by atoms with E-state index in [4.69, 9.17) is 5.73 Å². The van der Waals surface area contributed by atoms with Gasteiger partial charge >= 0.3 is 0 Å². The molecule has 1 fully saturated rings. The average molecular weight is 296 g/mol. The van der Waals surface area contributed by atoms with Crippen molar-refractivity contribution in [3.05, 3.63) is 29.8 Å². The van der Waals surface area contributed by atoms with Crippen molar-refractivity contribution < 1.29 is 8.42 Å². The van der Waals surface area contributed by atoms with Crippen molar-refractivity contribution in [3.8, 4) is 0 Å². The summed E-state index contributed by atoms with van der Waals surface area (Å²) in [6.07, 6.45) is 5.37. The van der Waals surface area contributed by atoms with Crippen LogP contribution in [-0.2, 0) is 16.6 Å². The van der Waals surface area contributed by atoms with Crippen LogP contribution < -0.4 is 10.5 Å². The molecule has 20 heavy (non-hydrogen) atoms. The minimum absolute atomic E-state index is 0.0598. The summed E-state index contributed by atoms with van der Waals surface area (Å²) in [7, 11) is -3.48. The van der Waals surface area contributed by atoms with Crippen LogP contribution in [0.5, 0.6) is 0 Å². The standard InChI is InChI=1S/C15H24N2O2S/c1-2-12-7-3-5-9-14(12)17-20(18,19)15-10-6-4-8-13(15)11-16/h4,6,8,10,12,14,17H,2-3,5,7,9,11,16H2,1H3. The molecule has 1 saturated carbocycles. The van der Waals surface area contributed by atoms with Crippen molar-refractivity contribution in [2.45, 2.75) is 56.5 Å². The summed E-state index contributed by atoms with van der Waals surface area (Å²) in [6, 6.07) is 7.02. The lowest BCUT2D eigenvalue weighted by Crippen LogP contribution is -2.42. The quantitative estimate of drug-likeness (QED) is 0.876. The molecule has 2 rings (SSSR count). The van der Waals surface area contributed by atoms with E-state index in [1.165, 1.54) is 6.42 Å². The first-order valence-electron chi connectivity index (χ1n) is 7.38. The van der Waals surface area contributed by atoms with E-state index >= 15 is 0 Å². The van der Waals surface area contributed by atoms with Gasteiger partial charge in [-0.3, -0.25) is 0 Å². The van der Waals surface area contributed by atoms with Crippen LogP contribution >= 0.6 is 0 Å². The van der Waals surface area contributed by atoms with Crippen molar-refractivity contribution in [2.75, 3.05) is 0 Å². The maximum absolute atomic E-state index is 12.6. The van der Waals surface area contributed by atoms with E-state index in [1.54, 1.807) is 18.2 Å². The molecular formula is C15H24N2O2S. The molecule has 0 spiro atoms. The van der Waals surface area contributed by atoms with Gasteiger partial charge in [-0.05, 0) is 30.4 Å². The van der Waals surface area contributed by atoms with Crippen molar-refractivity contribution >= 4 is 10.0 Å². The van der Waals surface area contributed by atoms with Crippen LogP contribution in [-0.4, -0.2) is 14.5 Å². The molecule has 0 heterocycles. The highest BCUT2D eigenvalue weighted by molar-refractivity contribution is 7.89. The van der Waals surface area contributed by atoms with Gasteiger partial charge in [0.25, 0.3) is 0 Å². The van der Waals surface area contributed by atoms with Crippen molar-refractivity contribution in [2.24, 2.45) is 11.7 Å². The molecule has 112 valence electrons. The fraction of sp³-hybridized carbons (Fsp3) is 0.600. The van der Waals surface area contributed by atoms with Crippen LogP contribution in [0, 0.1) is 5.92 Å². The molecule has 1 aliphatic rings. The normalized spacial score (nSPS) is 23.7. The summed E-state index contributed by atoms with van der Waals surface area (Å²) in [5, 5.41) is 0. The Balaban J connectivity index is 2.22. The smallest absolute Gasteiger partial charge is 0.241 e. The Hall–Kier alpha value is -0.910. The van der Waals surface area contributed by atoms with Gasteiger partial charge in [0, 0.05) is 12.6 Å². The Bertz CT molecular complexity index is 543. The maximum atomic E-state index is 12.6. The van der Waals surface area contributed by atoms with Gasteiger partial charge in [-0.2, -0.15) is 0 Å². The summed E-state index contributed by atoms with van der Waals surface area (Å²) < 4.78 is 28.1. The summed E-state index contributed by atoms with van der Waals surface area (Å²) in [5.41, 5.74) is 6.31. The molecular weight excluding hydrogens is 272 g/mol. The van der Waals surface area contributed by atoms with Crippen LogP contribution in [0.1, 0.15) is 44.6 Å². The van der Waals surface area contributed by atoms with E-state index in [0.717, 1.165) is 25.7 Å². The highest BCUT2D eigenvalue weighted by Gasteiger charge is 2.29. The summed E-state index contributed by atoms with van der Waals surface area (Å²) in [6.45, 7) is 2.37. The molecule has 0 amide bonds. The number of hydrogen-bond donors (Lipinski definition) is 2. The number of hydrogen-bond acceptors (Lipinski definition) is 3. The molecule has 2 unspecified atom stereocenters. The molecule has 1 aromatic rings. The van der Waals surface area contributed by atoms with E-state index in [2.05, 4.69) is 11.6 Å². The summed E-state index contributed by atoms with van der Waals surface area (Å²) >= 11 is 0. The number of rotatable bonds is 5. The fourth-order valence-electron chi connectivity index (χ4n) is 3.05. The molecule has 2 atom stereocenters. The Kier molecular flexibility index (Phi) is 5.18. The van der Waals surface area contributed by atoms with Gasteiger partial charge in [0.15, 0.2) is 0 Å². The molecule has 0 aromatic heterocycles. The van der Waals surface area contributed by atoms with Gasteiger partial charge in [-0.25, -0.2) is 13.1 Å². The van der Waals surface area contributed by atoms with Crippen LogP contribution in [0.4, 0.5) is 0 Å². The Morgan fingerprint density at radius 2 is 1.95 bits per heavy atom. The second-order valence-corrected chi connectivity index (χ2v) is 7.17. The first-order valence-corrected chi connectivity index (χ1v) is 8.87. The van der Waals surface area contributed by atoms with Gasteiger partial charge in [0.1, 0.15) is 0 Å². The average Bonchev–Trinajstić information content (AvgIpc) is 2.47. The van der Waals surface area contributed by atoms with Crippen LogP contribution in [0.3, 0.4) is 0 Å². The molecule has 5 heteroatoms. The highest BCUT2D eigenvalue weighted by Crippen LogP contribution is 2.28. The van der Waals surface area contributed by atoms with Crippen LogP contribution in [0.25, 0.3) is 0 Å². The molecule has 3 N–H and O–H groups in total. The topological polar surface area (TPSA) is 72.2 Å². The maximum Gasteiger partial charge on any atom is 0.241 e. The van der Waals surface area contributed by atoms with Gasteiger partial charge in [0.2, 0.25) is 10.0 Å². The molecule has 0 radical (unpaired) electrons. The SMILES string of the molecule is CCC1CCCCC1NS(=O)(=O)c1ccccc1CN. The zero-order valence-corrected chi connectivity index (χ0v) is 12.8. The third-order valence-corrected chi connectivity index (χ3v) is 5.81. The first-order chi connectivity index (χ1) is 9.58. The minimum atomic E-state index is -3.48. The zero-order valence-electron chi connectivity index (χ0n) is 12.0. The van der Waals surface area contributed by atoms with Gasteiger partial charge < -0.3 is 5.73 Å². The van der Waals surface area contributed by atoms with Crippen LogP contribution in [0.15, 0.2) is 29.2 Å². The monoisotopic (exact) mass is 296 g/mol. The fourth-order valence-corrected chi connectivity index (χ4v) is 4.64. The van der Waals surface area contributed by atoms with E-state index in [-0.39, 0.29) is 12.6 Å². The van der Waals surface area contributed by atoms with Crippen molar-refractivity contribution in [1.29, 1.82) is 0 Å². The highest BCUT2D eigenvalue weighted by atomic mass is 32.2. The lowest BCUT2D eigenvalue weighted by atomic mass is 9.83. The van der Waals surface area contributed by atoms with Crippen molar-refractivity contribution in [3.63, 3.8) is 0 Å². The predicted octanol–water partition coefficient (Wildman–Crippen LogP) is 2.39. The first kappa shape index (κ1) is 15.5. The third kappa shape index (κ3) is 3.40. The van der Waals surface area contributed by atoms with Crippen molar-refractivity contribution in [1.82, 2.24) is 4.72 Å². The molecule has 1 aliphatic carbocycles. The molecule has 4 nitrogen and oxygen atoms in total. The lowest BCUT2D eigenvalue weighted by molar-refractivity contribution is 0.282. The molecule has 0 aliphatic heterocycles. The molecule has 0 saturated heterocycles. The zero-order chi connectivity index (χ0) is 14.6. The number of benzene rings is 1. The molecule has 0 bridgehead atoms. The second-order valence-electron chi connectivity index (χ2n) is 5.49. The largest absolute Gasteiger partial charge is 0.326 e. The van der Waals surface area contributed by atoms with E-state index in [9.17, 15) is 8.42 Å². The number of nitrogens with one attached hydrogen (secondary N) is 1. The Morgan fingerprint density at radius 1 is 1.25 bits per heavy atom. The third-order valence-electron chi connectivity index (χ3n) is 4.22. The minimum Gasteiger partial charge on any atom is -0.326 e. The Morgan fingerprint density at radius 3 is 2.65 bits per heavy atom. The summed E-state index contributed by atoms with van der Waals surface area (Å²) in [4.78, 5) is 0.322. The van der Waals surface area contributed by atoms with Gasteiger partial charge in [0.05, 0.1) is 4.90 Å². The Labute approximate surface area is 121 Å². The lowest BCUT2D eigenvalue weighted by Gasteiger charge is -2.31. The van der Waals surface area contributed by atoms with E-state index in [1.807, 2.05) is 6.07 Å². The van der Waals surface area contributed by atoms with E-state index < -0.39 is 10.0 Å². The van der Waals surface area contributed by atoms with Gasteiger partial charge in [-0.15, -0.1) is 0 Å². The summed E-state index contributed by atoms with van der Waals surface area (Å²) in [5.74, 6) is 0.448. The number of sulfonamides is 1.